The molecule has 16 heavy (non-hydrogen) atoms. The van der Waals surface area contributed by atoms with E-state index in [9.17, 15) is 0 Å². The number of benzene rings is 1. The van der Waals surface area contributed by atoms with Crippen LogP contribution in [0.5, 0.6) is 0 Å². The second-order valence-electron chi connectivity index (χ2n) is 4.03. The molecule has 1 heterocycles. The van der Waals surface area contributed by atoms with Gasteiger partial charge in [-0.15, -0.1) is 0 Å². The first kappa shape index (κ1) is 10.8. The lowest BCUT2D eigenvalue weighted by Crippen LogP contribution is -2.08. The largest absolute Gasteiger partial charge is 0.324 e. The molecule has 2 nitrogen and oxygen atoms in total. The second kappa shape index (κ2) is 4.45. The highest BCUT2D eigenvalue weighted by atomic mass is 14.7. The maximum Gasteiger partial charge on any atom is 0.0705 e. The molecule has 1 aromatic carbocycles. The number of hydrogen-bond acceptors (Lipinski definition) is 2. The summed E-state index contributed by atoms with van der Waals surface area (Å²) in [6, 6.07) is 14.3. The molecule has 2 rings (SSSR count). The zero-order valence-corrected chi connectivity index (χ0v) is 9.64. The summed E-state index contributed by atoms with van der Waals surface area (Å²) in [6.45, 7) is 3.98. The van der Waals surface area contributed by atoms with Gasteiger partial charge in [0.2, 0.25) is 0 Å². The molecule has 0 saturated heterocycles. The van der Waals surface area contributed by atoms with Crippen molar-refractivity contribution in [1.82, 2.24) is 4.98 Å². The van der Waals surface area contributed by atoms with Gasteiger partial charge in [0.1, 0.15) is 0 Å². The van der Waals surface area contributed by atoms with Crippen molar-refractivity contribution in [3.8, 4) is 11.3 Å². The lowest BCUT2D eigenvalue weighted by molar-refractivity contribution is 0.800. The summed E-state index contributed by atoms with van der Waals surface area (Å²) in [5.74, 6) is 0. The van der Waals surface area contributed by atoms with Gasteiger partial charge >= 0.3 is 0 Å². The number of rotatable bonds is 2. The minimum Gasteiger partial charge on any atom is -0.324 e. The van der Waals surface area contributed by atoms with E-state index < -0.39 is 0 Å². The monoisotopic (exact) mass is 212 g/mol. The average Bonchev–Trinajstić information content (AvgIpc) is 2.29. The lowest BCUT2D eigenvalue weighted by atomic mass is 10.1. The Hall–Kier alpha value is -1.67. The zero-order chi connectivity index (χ0) is 11.5. The third-order valence-corrected chi connectivity index (χ3v) is 2.69. The second-order valence-corrected chi connectivity index (χ2v) is 4.03. The number of hydrogen-bond donors (Lipinski definition) is 1. The van der Waals surface area contributed by atoms with E-state index in [1.807, 2.05) is 38.1 Å². The van der Waals surface area contributed by atoms with Crippen molar-refractivity contribution in [2.24, 2.45) is 5.73 Å². The molecule has 0 saturated carbocycles. The van der Waals surface area contributed by atoms with E-state index in [1.54, 1.807) is 0 Å². The van der Waals surface area contributed by atoms with E-state index >= 15 is 0 Å². The van der Waals surface area contributed by atoms with Crippen LogP contribution in [0.25, 0.3) is 11.3 Å². The SMILES string of the molecule is Cc1nc(-c2ccccc2)ccc1C(C)N. The van der Waals surface area contributed by atoms with Gasteiger partial charge in [0.25, 0.3) is 0 Å². The van der Waals surface area contributed by atoms with E-state index in [0.29, 0.717) is 0 Å². The van der Waals surface area contributed by atoms with Gasteiger partial charge < -0.3 is 5.73 Å². The molecule has 0 aliphatic heterocycles. The van der Waals surface area contributed by atoms with Crippen LogP contribution in [0.3, 0.4) is 0 Å². The molecule has 0 amide bonds. The summed E-state index contributed by atoms with van der Waals surface area (Å²) in [6.07, 6.45) is 0. The van der Waals surface area contributed by atoms with Crippen LogP contribution in [0.2, 0.25) is 0 Å². The minimum atomic E-state index is 0.0392. The predicted molar refractivity (Wildman–Crippen MR) is 67.0 cm³/mol. The summed E-state index contributed by atoms with van der Waals surface area (Å²) < 4.78 is 0. The molecule has 0 spiro atoms. The van der Waals surface area contributed by atoms with Gasteiger partial charge in [-0.2, -0.15) is 0 Å². The van der Waals surface area contributed by atoms with Crippen LogP contribution in [0.1, 0.15) is 24.2 Å². The molecule has 82 valence electrons. The van der Waals surface area contributed by atoms with Gasteiger partial charge in [-0.05, 0) is 25.5 Å². The molecule has 2 N–H and O–H groups in total. The molecule has 0 radical (unpaired) electrons. The zero-order valence-electron chi connectivity index (χ0n) is 9.64. The first-order chi connectivity index (χ1) is 7.68. The van der Waals surface area contributed by atoms with E-state index in [2.05, 4.69) is 23.2 Å². The van der Waals surface area contributed by atoms with Crippen LogP contribution in [0.4, 0.5) is 0 Å². The summed E-state index contributed by atoms with van der Waals surface area (Å²) >= 11 is 0. The van der Waals surface area contributed by atoms with Gasteiger partial charge in [0.05, 0.1) is 5.69 Å². The number of nitrogens with zero attached hydrogens (tertiary/aromatic N) is 1. The van der Waals surface area contributed by atoms with Crippen LogP contribution in [-0.4, -0.2) is 4.98 Å². The summed E-state index contributed by atoms with van der Waals surface area (Å²) in [5.41, 5.74) is 10.1. The fourth-order valence-corrected chi connectivity index (χ4v) is 1.82. The van der Waals surface area contributed by atoms with Gasteiger partial charge in [-0.1, -0.05) is 36.4 Å². The molecule has 1 atom stereocenters. The van der Waals surface area contributed by atoms with E-state index in [4.69, 9.17) is 5.73 Å². The Bertz CT molecular complexity index is 475. The highest BCUT2D eigenvalue weighted by Crippen LogP contribution is 2.20. The number of aromatic nitrogens is 1. The van der Waals surface area contributed by atoms with Crippen LogP contribution in [0, 0.1) is 6.92 Å². The number of nitrogens with two attached hydrogens (primary N) is 1. The number of pyridine rings is 1. The molecule has 0 bridgehead atoms. The Morgan fingerprint density at radius 3 is 2.31 bits per heavy atom. The van der Waals surface area contributed by atoms with Gasteiger partial charge in [0.15, 0.2) is 0 Å². The molecule has 0 aliphatic rings. The van der Waals surface area contributed by atoms with Crippen molar-refractivity contribution in [3.05, 3.63) is 53.7 Å². The Labute approximate surface area is 96.1 Å². The fourth-order valence-electron chi connectivity index (χ4n) is 1.82. The normalized spacial score (nSPS) is 12.4. The lowest BCUT2D eigenvalue weighted by Gasteiger charge is -2.10. The molecular weight excluding hydrogens is 196 g/mol. The van der Waals surface area contributed by atoms with Gasteiger partial charge in [-0.25, -0.2) is 0 Å². The Morgan fingerprint density at radius 1 is 1.06 bits per heavy atom. The Balaban J connectivity index is 2.43. The minimum absolute atomic E-state index is 0.0392. The van der Waals surface area contributed by atoms with Crippen molar-refractivity contribution in [3.63, 3.8) is 0 Å². The van der Waals surface area contributed by atoms with Crippen LogP contribution in [0.15, 0.2) is 42.5 Å². The maximum absolute atomic E-state index is 5.86. The number of aryl methyl sites for hydroxylation is 1. The van der Waals surface area contributed by atoms with E-state index in [-0.39, 0.29) is 6.04 Å². The molecule has 1 unspecified atom stereocenters. The van der Waals surface area contributed by atoms with Crippen molar-refractivity contribution < 1.29 is 0 Å². The fraction of sp³-hybridized carbons (Fsp3) is 0.214. The maximum atomic E-state index is 5.86. The predicted octanol–water partition coefficient (Wildman–Crippen LogP) is 3.08. The van der Waals surface area contributed by atoms with Gasteiger partial charge in [-0.3, -0.25) is 4.98 Å². The van der Waals surface area contributed by atoms with Crippen molar-refractivity contribution in [1.29, 1.82) is 0 Å². The highest BCUT2D eigenvalue weighted by Gasteiger charge is 2.06. The highest BCUT2D eigenvalue weighted by molar-refractivity contribution is 5.59. The Kier molecular flexibility index (Phi) is 3.02. The molecule has 0 aliphatic carbocycles. The first-order valence-corrected chi connectivity index (χ1v) is 5.47. The van der Waals surface area contributed by atoms with Gasteiger partial charge in [0, 0.05) is 17.3 Å². The summed E-state index contributed by atoms with van der Waals surface area (Å²) in [5, 5.41) is 0. The quantitative estimate of drug-likeness (QED) is 0.830. The van der Waals surface area contributed by atoms with Crippen molar-refractivity contribution >= 4 is 0 Å². The molecule has 2 aromatic rings. The molecule has 0 fully saturated rings. The van der Waals surface area contributed by atoms with Crippen molar-refractivity contribution in [2.75, 3.05) is 0 Å². The first-order valence-electron chi connectivity index (χ1n) is 5.47. The van der Waals surface area contributed by atoms with Crippen LogP contribution in [-0.2, 0) is 0 Å². The third-order valence-electron chi connectivity index (χ3n) is 2.69. The smallest absolute Gasteiger partial charge is 0.0705 e. The molecule has 1 aromatic heterocycles. The van der Waals surface area contributed by atoms with E-state index in [1.165, 1.54) is 0 Å². The topological polar surface area (TPSA) is 38.9 Å². The summed E-state index contributed by atoms with van der Waals surface area (Å²) in [4.78, 5) is 4.58. The van der Waals surface area contributed by atoms with Crippen LogP contribution < -0.4 is 5.73 Å². The molecule has 2 heteroatoms. The van der Waals surface area contributed by atoms with Crippen molar-refractivity contribution in [2.45, 2.75) is 19.9 Å². The average molecular weight is 212 g/mol. The third kappa shape index (κ3) is 2.12. The molecular formula is C14H16N2. The Morgan fingerprint density at radius 2 is 1.75 bits per heavy atom. The summed E-state index contributed by atoms with van der Waals surface area (Å²) in [7, 11) is 0. The van der Waals surface area contributed by atoms with E-state index in [0.717, 1.165) is 22.5 Å². The standard InChI is InChI=1S/C14H16N2/c1-10(15)13-8-9-14(16-11(13)2)12-6-4-3-5-7-12/h3-10H,15H2,1-2H3. The van der Waals surface area contributed by atoms with Crippen LogP contribution >= 0.6 is 0 Å².